The van der Waals surface area contributed by atoms with Crippen LogP contribution in [0.2, 0.25) is 0 Å². The van der Waals surface area contributed by atoms with Crippen LogP contribution in [0.25, 0.3) is 10.8 Å². The third-order valence-corrected chi connectivity index (χ3v) is 4.80. The topological polar surface area (TPSA) is 73.3 Å². The molecule has 0 fully saturated rings. The highest BCUT2D eigenvalue weighted by atomic mass is 19.4. The number of rotatable bonds is 6. The Labute approximate surface area is 191 Å². The number of halogens is 4. The van der Waals surface area contributed by atoms with Gasteiger partial charge in [-0.1, -0.05) is 12.1 Å². The molecule has 0 aliphatic carbocycles. The van der Waals surface area contributed by atoms with Crippen molar-refractivity contribution in [1.82, 2.24) is 9.97 Å². The average Bonchev–Trinajstić information content (AvgIpc) is 2.79. The summed E-state index contributed by atoms with van der Waals surface area (Å²) in [4.78, 5) is 21.1. The molecule has 10 heteroatoms. The number of amides is 1. The van der Waals surface area contributed by atoms with Crippen LogP contribution < -0.4 is 10.1 Å². The Balaban J connectivity index is 1.58. The molecule has 0 aliphatic rings. The van der Waals surface area contributed by atoms with Crippen molar-refractivity contribution >= 4 is 22.4 Å². The number of carbonyl (C=O) groups excluding carboxylic acids is 1. The van der Waals surface area contributed by atoms with E-state index in [0.29, 0.717) is 40.4 Å². The predicted molar refractivity (Wildman–Crippen MR) is 116 cm³/mol. The van der Waals surface area contributed by atoms with Gasteiger partial charge in [0.15, 0.2) is 5.82 Å². The second-order valence-corrected chi connectivity index (χ2v) is 7.18. The SMILES string of the molecule is COCc1nccc(Oc2ccc3c(C(=O)Nc4ccc(F)c(C(F)(F)F)c4)cccc3c2)n1. The number of methoxy groups -OCH3 is 1. The lowest BCUT2D eigenvalue weighted by Crippen LogP contribution is -2.14. The molecule has 174 valence electrons. The first-order valence-corrected chi connectivity index (χ1v) is 9.94. The summed E-state index contributed by atoms with van der Waals surface area (Å²) in [5.41, 5.74) is -1.40. The first kappa shape index (κ1) is 23.1. The van der Waals surface area contributed by atoms with Crippen molar-refractivity contribution < 1.29 is 31.8 Å². The van der Waals surface area contributed by atoms with E-state index in [4.69, 9.17) is 9.47 Å². The molecule has 0 unspecified atom stereocenters. The average molecular weight is 471 g/mol. The third-order valence-electron chi connectivity index (χ3n) is 4.80. The monoisotopic (exact) mass is 471 g/mol. The molecule has 0 spiro atoms. The zero-order valence-corrected chi connectivity index (χ0v) is 17.7. The highest BCUT2D eigenvalue weighted by molar-refractivity contribution is 6.13. The summed E-state index contributed by atoms with van der Waals surface area (Å²) in [7, 11) is 1.53. The summed E-state index contributed by atoms with van der Waals surface area (Å²) in [6.45, 7) is 0.228. The minimum Gasteiger partial charge on any atom is -0.439 e. The van der Waals surface area contributed by atoms with Crippen molar-refractivity contribution in [2.75, 3.05) is 12.4 Å². The van der Waals surface area contributed by atoms with Gasteiger partial charge in [0.05, 0.1) is 5.56 Å². The number of ether oxygens (including phenoxy) is 2. The van der Waals surface area contributed by atoms with Gasteiger partial charge in [-0.2, -0.15) is 18.2 Å². The molecule has 4 rings (SSSR count). The number of fused-ring (bicyclic) bond motifs is 1. The lowest BCUT2D eigenvalue weighted by atomic mass is 10.0. The zero-order valence-electron chi connectivity index (χ0n) is 17.7. The molecule has 1 heterocycles. The molecule has 1 amide bonds. The molecule has 1 aromatic heterocycles. The van der Waals surface area contributed by atoms with Crippen LogP contribution in [0.1, 0.15) is 21.7 Å². The van der Waals surface area contributed by atoms with Gasteiger partial charge in [0.1, 0.15) is 18.2 Å². The standard InChI is InChI=1S/C24H17F4N3O3/c1-33-13-21-29-10-9-22(31-21)34-16-6-7-17-14(11-16)3-2-4-18(17)23(32)30-15-5-8-20(25)19(12-15)24(26,27)28/h2-12H,13H2,1H3,(H,30,32). The van der Waals surface area contributed by atoms with Gasteiger partial charge in [0, 0.05) is 30.6 Å². The summed E-state index contributed by atoms with van der Waals surface area (Å²) in [5, 5.41) is 3.61. The molecule has 0 radical (unpaired) electrons. The van der Waals surface area contributed by atoms with Gasteiger partial charge in [0.2, 0.25) is 5.88 Å². The van der Waals surface area contributed by atoms with Crippen LogP contribution in [-0.4, -0.2) is 23.0 Å². The molecule has 0 bridgehead atoms. The number of alkyl halides is 3. The maximum Gasteiger partial charge on any atom is 0.419 e. The van der Waals surface area contributed by atoms with Gasteiger partial charge in [-0.15, -0.1) is 0 Å². The highest BCUT2D eigenvalue weighted by Crippen LogP contribution is 2.33. The molecule has 0 atom stereocenters. The fourth-order valence-corrected chi connectivity index (χ4v) is 3.30. The van der Waals surface area contributed by atoms with Gasteiger partial charge in [-0.3, -0.25) is 4.79 Å². The zero-order chi connectivity index (χ0) is 24.3. The van der Waals surface area contributed by atoms with E-state index in [-0.39, 0.29) is 17.9 Å². The molecule has 3 aromatic carbocycles. The van der Waals surface area contributed by atoms with E-state index in [0.717, 1.165) is 6.07 Å². The minimum atomic E-state index is -4.88. The van der Waals surface area contributed by atoms with Crippen molar-refractivity contribution in [2.45, 2.75) is 12.8 Å². The molecule has 6 nitrogen and oxygen atoms in total. The first-order chi connectivity index (χ1) is 16.2. The summed E-state index contributed by atoms with van der Waals surface area (Å²) < 4.78 is 63.2. The fraction of sp³-hybridized carbons (Fsp3) is 0.125. The van der Waals surface area contributed by atoms with Crippen LogP contribution in [0.3, 0.4) is 0 Å². The molecule has 0 aliphatic heterocycles. The minimum absolute atomic E-state index is 0.175. The Bertz CT molecular complexity index is 1360. The number of hydrogen-bond acceptors (Lipinski definition) is 5. The van der Waals surface area contributed by atoms with Gasteiger partial charge in [-0.25, -0.2) is 9.37 Å². The lowest BCUT2D eigenvalue weighted by Gasteiger charge is -2.12. The number of benzene rings is 3. The molecule has 34 heavy (non-hydrogen) atoms. The number of aromatic nitrogens is 2. The lowest BCUT2D eigenvalue weighted by molar-refractivity contribution is -0.139. The summed E-state index contributed by atoms with van der Waals surface area (Å²) in [5.74, 6) is -0.831. The number of anilines is 1. The van der Waals surface area contributed by atoms with E-state index in [1.54, 1.807) is 42.6 Å². The van der Waals surface area contributed by atoms with Crippen LogP contribution in [0.15, 0.2) is 66.9 Å². The number of nitrogens with zero attached hydrogens (tertiary/aromatic N) is 2. The maximum absolute atomic E-state index is 13.5. The molecular formula is C24H17F4N3O3. The second kappa shape index (κ2) is 9.44. The van der Waals surface area contributed by atoms with Crippen LogP contribution in [0, 0.1) is 5.82 Å². The molecule has 0 saturated heterocycles. The number of hydrogen-bond donors (Lipinski definition) is 1. The molecule has 0 saturated carbocycles. The highest BCUT2D eigenvalue weighted by Gasteiger charge is 2.34. The van der Waals surface area contributed by atoms with Crippen LogP contribution in [0.5, 0.6) is 11.6 Å². The van der Waals surface area contributed by atoms with Crippen molar-refractivity contribution in [3.63, 3.8) is 0 Å². The summed E-state index contributed by atoms with van der Waals surface area (Å²) >= 11 is 0. The van der Waals surface area contributed by atoms with E-state index in [9.17, 15) is 22.4 Å². The van der Waals surface area contributed by atoms with Gasteiger partial charge < -0.3 is 14.8 Å². The summed E-state index contributed by atoms with van der Waals surface area (Å²) in [6, 6.07) is 13.8. The largest absolute Gasteiger partial charge is 0.439 e. The van der Waals surface area contributed by atoms with Crippen molar-refractivity contribution in [2.24, 2.45) is 0 Å². The van der Waals surface area contributed by atoms with Crippen LogP contribution in [0.4, 0.5) is 23.2 Å². The van der Waals surface area contributed by atoms with Crippen molar-refractivity contribution in [3.8, 4) is 11.6 Å². The van der Waals surface area contributed by atoms with Crippen molar-refractivity contribution in [1.29, 1.82) is 0 Å². The smallest absolute Gasteiger partial charge is 0.419 e. The van der Waals surface area contributed by atoms with E-state index in [1.165, 1.54) is 13.2 Å². The molecular weight excluding hydrogens is 454 g/mol. The Hall–Kier alpha value is -4.05. The van der Waals surface area contributed by atoms with Crippen LogP contribution in [-0.2, 0) is 17.5 Å². The Morgan fingerprint density at radius 1 is 1.06 bits per heavy atom. The Morgan fingerprint density at radius 3 is 2.65 bits per heavy atom. The second-order valence-electron chi connectivity index (χ2n) is 7.18. The molecule has 1 N–H and O–H groups in total. The van der Waals surface area contributed by atoms with Crippen LogP contribution >= 0.6 is 0 Å². The van der Waals surface area contributed by atoms with Gasteiger partial charge >= 0.3 is 6.18 Å². The van der Waals surface area contributed by atoms with Gasteiger partial charge in [0.25, 0.3) is 5.91 Å². The normalized spacial score (nSPS) is 11.4. The van der Waals surface area contributed by atoms with E-state index in [2.05, 4.69) is 15.3 Å². The first-order valence-electron chi connectivity index (χ1n) is 9.94. The molecule has 4 aromatic rings. The van der Waals surface area contributed by atoms with E-state index >= 15 is 0 Å². The number of carbonyl (C=O) groups is 1. The quantitative estimate of drug-likeness (QED) is 0.350. The van der Waals surface area contributed by atoms with E-state index in [1.807, 2.05) is 0 Å². The van der Waals surface area contributed by atoms with E-state index < -0.39 is 23.5 Å². The predicted octanol–water partition coefficient (Wildman–Crippen LogP) is 5.98. The Kier molecular flexibility index (Phi) is 6.42. The third kappa shape index (κ3) is 5.12. The van der Waals surface area contributed by atoms with Crippen molar-refractivity contribution in [3.05, 3.63) is 89.6 Å². The maximum atomic E-state index is 13.5. The van der Waals surface area contributed by atoms with Gasteiger partial charge in [-0.05, 0) is 53.2 Å². The fourth-order valence-electron chi connectivity index (χ4n) is 3.30. The Morgan fingerprint density at radius 2 is 1.88 bits per heavy atom. The summed E-state index contributed by atoms with van der Waals surface area (Å²) in [6.07, 6.45) is -3.34. The number of nitrogens with one attached hydrogen (secondary N) is 1.